The lowest BCUT2D eigenvalue weighted by molar-refractivity contribution is 0.0496. The second kappa shape index (κ2) is 9.23. The van der Waals surface area contributed by atoms with Crippen LogP contribution in [0.15, 0.2) is 24.3 Å². The van der Waals surface area contributed by atoms with E-state index in [2.05, 4.69) is 43.4 Å². The summed E-state index contributed by atoms with van der Waals surface area (Å²) < 4.78 is 10.9. The largest absolute Gasteiger partial charge is 0.466 e. The van der Waals surface area contributed by atoms with Crippen molar-refractivity contribution in [3.05, 3.63) is 52.3 Å². The van der Waals surface area contributed by atoms with E-state index in [0.717, 1.165) is 29.2 Å². The van der Waals surface area contributed by atoms with Crippen LogP contribution in [0.1, 0.15) is 66.1 Å². The quantitative estimate of drug-likeness (QED) is 0.668. The first kappa shape index (κ1) is 19.7. The molecule has 1 fully saturated rings. The molecule has 0 atom stereocenters. The first-order chi connectivity index (χ1) is 13.1. The molecule has 0 radical (unpaired) electrons. The second-order valence-electron chi connectivity index (χ2n) is 7.59. The third-order valence-corrected chi connectivity index (χ3v) is 5.61. The normalized spacial score (nSPS) is 15.0. The number of anilines is 1. The summed E-state index contributed by atoms with van der Waals surface area (Å²) in [6.45, 7) is 4.63. The monoisotopic (exact) mass is 368 g/mol. The lowest BCUT2D eigenvalue weighted by atomic mass is 9.86. The number of benzene rings is 1. The highest BCUT2D eigenvalue weighted by Crippen LogP contribution is 2.37. The van der Waals surface area contributed by atoms with E-state index in [-0.39, 0.29) is 6.79 Å². The van der Waals surface area contributed by atoms with Gasteiger partial charge in [-0.2, -0.15) is 0 Å². The van der Waals surface area contributed by atoms with Gasteiger partial charge in [0.1, 0.15) is 5.75 Å². The summed E-state index contributed by atoms with van der Waals surface area (Å²) >= 11 is 0. The third-order valence-electron chi connectivity index (χ3n) is 5.61. The molecule has 1 aromatic heterocycles. The lowest BCUT2D eigenvalue weighted by Crippen LogP contribution is -2.12. The highest BCUT2D eigenvalue weighted by molar-refractivity contribution is 5.52. The van der Waals surface area contributed by atoms with E-state index in [4.69, 9.17) is 14.5 Å². The van der Waals surface area contributed by atoms with Crippen molar-refractivity contribution >= 4 is 5.69 Å². The van der Waals surface area contributed by atoms with Gasteiger partial charge in [0.25, 0.3) is 0 Å². The van der Waals surface area contributed by atoms with Gasteiger partial charge in [-0.1, -0.05) is 19.3 Å². The minimum atomic E-state index is 0.268. The van der Waals surface area contributed by atoms with Gasteiger partial charge in [0.05, 0.1) is 5.69 Å². The van der Waals surface area contributed by atoms with Gasteiger partial charge in [-0.25, -0.2) is 0 Å². The van der Waals surface area contributed by atoms with Crippen LogP contribution in [0.2, 0.25) is 0 Å². The number of hydrogen-bond acceptors (Lipinski definition) is 4. The van der Waals surface area contributed by atoms with Crippen LogP contribution in [0.5, 0.6) is 5.75 Å². The van der Waals surface area contributed by atoms with Gasteiger partial charge in [-0.15, -0.1) is 0 Å². The molecule has 4 heteroatoms. The summed E-state index contributed by atoms with van der Waals surface area (Å²) in [4.78, 5) is 5.07. The zero-order valence-electron chi connectivity index (χ0n) is 17.1. The summed E-state index contributed by atoms with van der Waals surface area (Å²) in [6.07, 6.45) is 7.16. The maximum absolute atomic E-state index is 5.83. The van der Waals surface area contributed by atoms with Crippen LogP contribution >= 0.6 is 0 Å². The van der Waals surface area contributed by atoms with Crippen LogP contribution in [-0.2, 0) is 11.2 Å². The van der Waals surface area contributed by atoms with Gasteiger partial charge in [0.15, 0.2) is 6.79 Å². The van der Waals surface area contributed by atoms with Crippen LogP contribution in [0.25, 0.3) is 0 Å². The first-order valence-electron chi connectivity index (χ1n) is 10.0. The molecular weight excluding hydrogens is 336 g/mol. The SMILES string of the molecule is CNc1cc(C)c(Cc2ccc(OCOC)c(C3CCCCC3)n2)c(C)c1. The first-order valence-corrected chi connectivity index (χ1v) is 10.0. The van der Waals surface area contributed by atoms with E-state index < -0.39 is 0 Å². The van der Waals surface area contributed by atoms with E-state index in [1.54, 1.807) is 7.11 Å². The minimum Gasteiger partial charge on any atom is -0.466 e. The number of ether oxygens (including phenoxy) is 2. The molecule has 1 heterocycles. The Morgan fingerprint density at radius 2 is 1.78 bits per heavy atom. The molecule has 1 aromatic carbocycles. The van der Waals surface area contributed by atoms with Crippen molar-refractivity contribution in [2.45, 2.75) is 58.3 Å². The fraction of sp³-hybridized carbons (Fsp3) is 0.522. The van der Waals surface area contributed by atoms with Crippen molar-refractivity contribution in [1.29, 1.82) is 0 Å². The molecule has 146 valence electrons. The van der Waals surface area contributed by atoms with E-state index in [1.807, 2.05) is 7.05 Å². The lowest BCUT2D eigenvalue weighted by Gasteiger charge is -2.24. The predicted molar refractivity (Wildman–Crippen MR) is 111 cm³/mol. The Labute approximate surface area is 163 Å². The van der Waals surface area contributed by atoms with E-state index in [1.165, 1.54) is 48.8 Å². The van der Waals surface area contributed by atoms with Gasteiger partial charge in [0, 0.05) is 37.9 Å². The molecule has 1 aliphatic rings. The molecule has 0 saturated heterocycles. The molecule has 0 amide bonds. The van der Waals surface area contributed by atoms with Gasteiger partial charge in [0.2, 0.25) is 0 Å². The van der Waals surface area contributed by atoms with E-state index in [0.29, 0.717) is 5.92 Å². The Morgan fingerprint density at radius 1 is 1.07 bits per heavy atom. The maximum Gasteiger partial charge on any atom is 0.188 e. The molecule has 1 aliphatic carbocycles. The molecule has 4 nitrogen and oxygen atoms in total. The van der Waals surface area contributed by atoms with Crippen LogP contribution < -0.4 is 10.1 Å². The highest BCUT2D eigenvalue weighted by Gasteiger charge is 2.22. The predicted octanol–water partition coefficient (Wildman–Crippen LogP) is 5.36. The molecule has 1 N–H and O–H groups in total. The number of aryl methyl sites for hydroxylation is 2. The summed E-state index contributed by atoms with van der Waals surface area (Å²) in [5.74, 6) is 1.38. The Hall–Kier alpha value is -2.07. The van der Waals surface area contributed by atoms with Gasteiger partial charge < -0.3 is 14.8 Å². The van der Waals surface area contributed by atoms with Crippen molar-refractivity contribution in [3.8, 4) is 5.75 Å². The van der Waals surface area contributed by atoms with Crippen LogP contribution in [0.4, 0.5) is 5.69 Å². The Balaban J connectivity index is 1.90. The van der Waals surface area contributed by atoms with Crippen molar-refractivity contribution in [2.75, 3.05) is 26.3 Å². The van der Waals surface area contributed by atoms with Crippen LogP contribution in [0, 0.1) is 13.8 Å². The third kappa shape index (κ3) is 4.81. The van der Waals surface area contributed by atoms with Crippen molar-refractivity contribution < 1.29 is 9.47 Å². The second-order valence-corrected chi connectivity index (χ2v) is 7.59. The standard InChI is InChI=1S/C23H32N2O2/c1-16-12-20(24-3)13-17(2)21(16)14-19-10-11-22(27-15-26-4)23(25-19)18-8-6-5-7-9-18/h10-13,18,24H,5-9,14-15H2,1-4H3. The van der Waals surface area contributed by atoms with Gasteiger partial charge in [-0.3, -0.25) is 4.98 Å². The smallest absolute Gasteiger partial charge is 0.188 e. The molecule has 1 saturated carbocycles. The Morgan fingerprint density at radius 3 is 2.41 bits per heavy atom. The molecule has 27 heavy (non-hydrogen) atoms. The van der Waals surface area contributed by atoms with Gasteiger partial charge in [-0.05, 0) is 67.6 Å². The highest BCUT2D eigenvalue weighted by atomic mass is 16.7. The molecule has 0 unspecified atom stereocenters. The van der Waals surface area contributed by atoms with Crippen LogP contribution in [0.3, 0.4) is 0 Å². The number of aromatic nitrogens is 1. The minimum absolute atomic E-state index is 0.268. The summed E-state index contributed by atoms with van der Waals surface area (Å²) in [6, 6.07) is 8.60. The molecule has 0 spiro atoms. The fourth-order valence-corrected chi connectivity index (χ4v) is 4.11. The summed E-state index contributed by atoms with van der Waals surface area (Å²) in [5, 5.41) is 3.23. The number of rotatable bonds is 7. The molecule has 2 aromatic rings. The molecule has 0 aliphatic heterocycles. The van der Waals surface area contributed by atoms with E-state index >= 15 is 0 Å². The number of nitrogens with zero attached hydrogens (tertiary/aromatic N) is 1. The van der Waals surface area contributed by atoms with Crippen molar-refractivity contribution in [1.82, 2.24) is 4.98 Å². The zero-order valence-corrected chi connectivity index (χ0v) is 17.1. The molecular formula is C23H32N2O2. The Bertz CT molecular complexity index is 744. The van der Waals surface area contributed by atoms with Gasteiger partial charge >= 0.3 is 0 Å². The maximum atomic E-state index is 5.83. The average molecular weight is 369 g/mol. The van der Waals surface area contributed by atoms with Crippen LogP contribution in [-0.4, -0.2) is 25.9 Å². The van der Waals surface area contributed by atoms with Crippen molar-refractivity contribution in [2.24, 2.45) is 0 Å². The number of hydrogen-bond donors (Lipinski definition) is 1. The topological polar surface area (TPSA) is 43.4 Å². The average Bonchev–Trinajstić information content (AvgIpc) is 2.70. The van der Waals surface area contributed by atoms with Crippen molar-refractivity contribution in [3.63, 3.8) is 0 Å². The Kier molecular flexibility index (Phi) is 6.73. The number of nitrogens with one attached hydrogen (secondary N) is 1. The number of methoxy groups -OCH3 is 1. The van der Waals surface area contributed by atoms with E-state index in [9.17, 15) is 0 Å². The summed E-state index contributed by atoms with van der Waals surface area (Å²) in [7, 11) is 3.62. The molecule has 0 bridgehead atoms. The fourth-order valence-electron chi connectivity index (χ4n) is 4.11. The molecule has 3 rings (SSSR count). The number of pyridine rings is 1. The summed E-state index contributed by atoms with van der Waals surface area (Å²) in [5.41, 5.74) is 7.37. The zero-order chi connectivity index (χ0) is 19.2.